The number of allylic oxidation sites excluding steroid dienone is 1. The van der Waals surface area contributed by atoms with Gasteiger partial charge < -0.3 is 15.4 Å². The van der Waals surface area contributed by atoms with Crippen molar-refractivity contribution in [1.29, 1.82) is 0 Å². The highest BCUT2D eigenvalue weighted by atomic mass is 16.5. The maximum absolute atomic E-state index is 13.9. The summed E-state index contributed by atoms with van der Waals surface area (Å²) in [6.07, 6.45) is 3.98. The summed E-state index contributed by atoms with van der Waals surface area (Å²) < 4.78 is 1.03. The Morgan fingerprint density at radius 2 is 1.86 bits per heavy atom. The molecule has 3 atom stereocenters. The fourth-order valence-corrected chi connectivity index (χ4v) is 7.23. The first kappa shape index (κ1) is 20.5. The number of nitrogens with one attached hydrogen (secondary N) is 1. The number of carbonyl (C=O) groups excluding carboxylic acids is 2. The first-order valence-electron chi connectivity index (χ1n) is 12.2. The van der Waals surface area contributed by atoms with Crippen LogP contribution in [0.25, 0.3) is 5.57 Å². The van der Waals surface area contributed by atoms with Gasteiger partial charge in [-0.05, 0) is 63.5 Å². The van der Waals surface area contributed by atoms with Crippen LogP contribution >= 0.6 is 0 Å². The van der Waals surface area contributed by atoms with Gasteiger partial charge in [0.25, 0.3) is 5.91 Å². The Balaban J connectivity index is 1.39. The fourth-order valence-electron chi connectivity index (χ4n) is 7.23. The normalized spacial score (nSPS) is 31.1. The molecule has 35 heavy (non-hydrogen) atoms. The minimum absolute atomic E-state index is 0.0262. The minimum Gasteiger partial charge on any atom is -0.618 e. The summed E-state index contributed by atoms with van der Waals surface area (Å²) in [6.45, 7) is 4.71. The van der Waals surface area contributed by atoms with Crippen LogP contribution in [0.4, 0.5) is 5.69 Å². The number of piperidine rings is 2. The molecule has 5 heterocycles. The van der Waals surface area contributed by atoms with Crippen molar-refractivity contribution in [2.24, 2.45) is 11.3 Å². The van der Waals surface area contributed by atoms with Crippen LogP contribution in [0.1, 0.15) is 49.8 Å². The predicted molar refractivity (Wildman–Crippen MR) is 132 cm³/mol. The molecule has 0 aromatic heterocycles. The van der Waals surface area contributed by atoms with E-state index in [2.05, 4.69) is 17.2 Å². The molecule has 5 aliphatic heterocycles. The van der Waals surface area contributed by atoms with Crippen molar-refractivity contribution in [2.45, 2.75) is 44.2 Å². The molecule has 6 aliphatic rings. The van der Waals surface area contributed by atoms with Crippen molar-refractivity contribution < 1.29 is 14.3 Å². The fraction of sp³-hybridized carbons (Fsp3) is 0.345. The molecule has 6 heteroatoms. The number of rotatable bonds is 0. The largest absolute Gasteiger partial charge is 0.618 e. The molecule has 0 saturated carbocycles. The molecule has 4 fully saturated rings. The number of benzene rings is 2. The summed E-state index contributed by atoms with van der Waals surface area (Å²) in [5.41, 5.74) is 1.93. The van der Waals surface area contributed by atoms with E-state index in [4.69, 9.17) is 0 Å². The summed E-state index contributed by atoms with van der Waals surface area (Å²) in [7, 11) is 0. The predicted octanol–water partition coefficient (Wildman–Crippen LogP) is 3.36. The molecule has 2 spiro atoms. The number of carbonyl (C=O) groups is 2. The van der Waals surface area contributed by atoms with E-state index in [1.807, 2.05) is 73.4 Å². The van der Waals surface area contributed by atoms with Gasteiger partial charge in [-0.3, -0.25) is 9.59 Å². The van der Waals surface area contributed by atoms with E-state index >= 15 is 0 Å². The van der Waals surface area contributed by atoms with E-state index < -0.39 is 16.5 Å². The van der Waals surface area contributed by atoms with E-state index in [-0.39, 0.29) is 17.7 Å². The van der Waals surface area contributed by atoms with Gasteiger partial charge in [0.05, 0.1) is 16.6 Å². The van der Waals surface area contributed by atoms with Gasteiger partial charge in [0.15, 0.2) is 0 Å². The highest BCUT2D eigenvalue weighted by molar-refractivity contribution is 6.30. The highest BCUT2D eigenvalue weighted by Crippen LogP contribution is 2.60. The van der Waals surface area contributed by atoms with Gasteiger partial charge in [-0.2, -0.15) is 4.74 Å². The van der Waals surface area contributed by atoms with Crippen LogP contribution in [0, 0.1) is 28.4 Å². The third kappa shape index (κ3) is 2.38. The zero-order valence-corrected chi connectivity index (χ0v) is 19.7. The molecule has 6 nitrogen and oxygen atoms in total. The average molecular weight is 464 g/mol. The molecule has 0 radical (unpaired) electrons. The van der Waals surface area contributed by atoms with Gasteiger partial charge in [0, 0.05) is 29.7 Å². The molecule has 2 bridgehead atoms. The number of piperazine rings is 1. The molecule has 2 amide bonds. The van der Waals surface area contributed by atoms with Crippen LogP contribution in [-0.2, 0) is 9.59 Å². The number of hydrogen-bond donors (Lipinski definition) is 1. The number of hydrogen-bond acceptors (Lipinski definition) is 3. The van der Waals surface area contributed by atoms with Crippen molar-refractivity contribution in [3.05, 3.63) is 76.5 Å². The second-order valence-electron chi connectivity index (χ2n) is 10.9. The van der Waals surface area contributed by atoms with Crippen LogP contribution in [-0.4, -0.2) is 44.8 Å². The Morgan fingerprint density at radius 3 is 2.66 bits per heavy atom. The van der Waals surface area contributed by atoms with Crippen molar-refractivity contribution >= 4 is 28.8 Å². The van der Waals surface area contributed by atoms with Crippen LogP contribution in [0.3, 0.4) is 0 Å². The topological polar surface area (TPSA) is 75.5 Å². The SMILES string of the molecule is CC1(C)C2=[N+]([O-])c3cc(C#Cc4ccccc4)ccc3C2=C[C@]23NC(=O)[C@@]4(CCCN4C2=O)C[C@H]13. The monoisotopic (exact) mass is 463 g/mol. The van der Waals surface area contributed by atoms with E-state index in [1.165, 1.54) is 0 Å². The van der Waals surface area contributed by atoms with E-state index in [0.717, 1.165) is 33.4 Å². The number of nitrogens with zero attached hydrogens (tertiary/aromatic N) is 2. The average Bonchev–Trinajstić information content (AvgIpc) is 3.40. The van der Waals surface area contributed by atoms with Crippen LogP contribution in [0.5, 0.6) is 0 Å². The summed E-state index contributed by atoms with van der Waals surface area (Å²) >= 11 is 0. The Labute approximate surface area is 203 Å². The van der Waals surface area contributed by atoms with Gasteiger partial charge in [0.2, 0.25) is 17.3 Å². The minimum atomic E-state index is -1.11. The maximum Gasteiger partial charge on any atom is 0.253 e. The van der Waals surface area contributed by atoms with Crippen LogP contribution < -0.4 is 5.32 Å². The Hall–Kier alpha value is -3.85. The third-order valence-corrected chi connectivity index (χ3v) is 8.87. The standard InChI is InChI=1S/C29H25N3O3/c1-27(2)23-17-28-13-6-14-31(28)26(34)29(23,30-25(28)33)16-21-20-12-11-19(15-22(20)32(35)24(21)27)10-9-18-7-4-3-5-8-18/h3-5,7-8,11-12,15-16,23H,6,13-14,17H2,1-2H3,(H,30,33)/t23-,28-,29-/m1/s1. The highest BCUT2D eigenvalue weighted by Gasteiger charge is 2.73. The maximum atomic E-state index is 13.9. The molecule has 2 aromatic carbocycles. The molecule has 1 aliphatic carbocycles. The molecule has 8 rings (SSSR count). The van der Waals surface area contributed by atoms with E-state index in [1.54, 1.807) is 0 Å². The van der Waals surface area contributed by atoms with Crippen molar-refractivity contribution in [3.8, 4) is 11.8 Å². The summed E-state index contributed by atoms with van der Waals surface area (Å²) in [4.78, 5) is 28.9. The molecule has 174 valence electrons. The smallest absolute Gasteiger partial charge is 0.253 e. The van der Waals surface area contributed by atoms with Gasteiger partial charge in [0.1, 0.15) is 11.1 Å². The lowest BCUT2D eigenvalue weighted by Crippen LogP contribution is -2.83. The van der Waals surface area contributed by atoms with E-state index in [9.17, 15) is 14.8 Å². The molecule has 4 saturated heterocycles. The molecular weight excluding hydrogens is 438 g/mol. The van der Waals surface area contributed by atoms with E-state index in [0.29, 0.717) is 30.8 Å². The Kier molecular flexibility index (Phi) is 3.77. The number of fused-ring (bicyclic) bond motifs is 4. The van der Waals surface area contributed by atoms with Gasteiger partial charge in [-0.1, -0.05) is 30.0 Å². The molecular formula is C29H25N3O3. The zero-order valence-electron chi connectivity index (χ0n) is 19.7. The van der Waals surface area contributed by atoms with Crippen LogP contribution in [0.15, 0.2) is 54.6 Å². The lowest BCUT2D eigenvalue weighted by atomic mass is 9.51. The van der Waals surface area contributed by atoms with Crippen molar-refractivity contribution in [1.82, 2.24) is 10.2 Å². The number of amides is 2. The summed E-state index contributed by atoms with van der Waals surface area (Å²) in [5, 5.41) is 16.9. The first-order chi connectivity index (χ1) is 16.8. The first-order valence-corrected chi connectivity index (χ1v) is 12.2. The van der Waals surface area contributed by atoms with Gasteiger partial charge >= 0.3 is 0 Å². The van der Waals surface area contributed by atoms with Crippen molar-refractivity contribution in [2.75, 3.05) is 6.54 Å². The lowest BCUT2D eigenvalue weighted by Gasteiger charge is -2.62. The molecule has 1 N–H and O–H groups in total. The van der Waals surface area contributed by atoms with Crippen LogP contribution in [0.2, 0.25) is 0 Å². The summed E-state index contributed by atoms with van der Waals surface area (Å²) in [6, 6.07) is 15.4. The zero-order chi connectivity index (χ0) is 24.2. The van der Waals surface area contributed by atoms with Gasteiger partial charge in [-0.15, -0.1) is 0 Å². The summed E-state index contributed by atoms with van der Waals surface area (Å²) in [5.74, 6) is 6.06. The van der Waals surface area contributed by atoms with Gasteiger partial charge in [-0.25, -0.2) is 0 Å². The molecule has 2 aromatic rings. The Morgan fingerprint density at radius 1 is 1.09 bits per heavy atom. The molecule has 0 unspecified atom stereocenters. The quantitative estimate of drug-likeness (QED) is 0.370. The second kappa shape index (κ2) is 6.42. The second-order valence-corrected chi connectivity index (χ2v) is 10.9. The van der Waals surface area contributed by atoms with Crippen molar-refractivity contribution in [3.63, 3.8) is 0 Å². The Bertz CT molecular complexity index is 1480. The third-order valence-electron chi connectivity index (χ3n) is 8.87. The lowest BCUT2D eigenvalue weighted by molar-refractivity contribution is -0.362.